The molecule has 8 rings (SSSR count). The summed E-state index contributed by atoms with van der Waals surface area (Å²) in [6, 6.07) is 47.2. The number of hydrogen-bond donors (Lipinski definition) is 0. The summed E-state index contributed by atoms with van der Waals surface area (Å²) in [5.41, 5.74) is 5.93. The predicted octanol–water partition coefficient (Wildman–Crippen LogP) is 7.60. The summed E-state index contributed by atoms with van der Waals surface area (Å²) in [5, 5.41) is 4.85. The van der Waals surface area contributed by atoms with Gasteiger partial charge in [0, 0.05) is 44.3 Å². The highest BCUT2D eigenvalue weighted by molar-refractivity contribution is 7.86. The van der Waals surface area contributed by atoms with Crippen molar-refractivity contribution in [3.05, 3.63) is 146 Å². The summed E-state index contributed by atoms with van der Waals surface area (Å²) >= 11 is 0. The molecule has 3 heterocycles. The number of rotatable bonds is 3. The lowest BCUT2D eigenvalue weighted by Crippen LogP contribution is -2.36. The first-order chi connectivity index (χ1) is 19.7. The minimum absolute atomic E-state index is 0.847. The maximum absolute atomic E-state index is 15.2. The molecule has 0 atom stereocenters. The highest BCUT2D eigenvalue weighted by Gasteiger charge is 2.40. The fourth-order valence-corrected chi connectivity index (χ4v) is 9.12. The average molecular weight is 534 g/mol. The lowest BCUT2D eigenvalue weighted by molar-refractivity contribution is 0.592. The van der Waals surface area contributed by atoms with E-state index in [9.17, 15) is 0 Å². The van der Waals surface area contributed by atoms with Crippen LogP contribution >= 0.6 is 7.14 Å². The smallest absolute Gasteiger partial charge is 0.175 e. The molecular weight excluding hydrogens is 509 g/mol. The topological polar surface area (TPSA) is 38.1 Å². The number of fused-ring (bicyclic) bond motifs is 5. The fraction of sp³-hybridized carbons (Fsp3) is 0. The van der Waals surface area contributed by atoms with Gasteiger partial charge in [-0.1, -0.05) is 78.9 Å². The van der Waals surface area contributed by atoms with Gasteiger partial charge in [-0.2, -0.15) is 0 Å². The Bertz CT molecular complexity index is 2010. The standard InChI is InChI=1S/C35H24N3OP/c39-40(27-14-2-1-3-15-27)33-21-8-6-19-31(33)37(32-20-7-9-22-34(32)40)25-12-10-13-26(24-25)38-30-18-5-4-16-28(30)29-17-11-23-36-35(29)38/h1-24H. The minimum Gasteiger partial charge on any atom is -0.309 e. The van der Waals surface area contributed by atoms with Crippen LogP contribution in [-0.2, 0) is 4.57 Å². The van der Waals surface area contributed by atoms with Crippen molar-refractivity contribution in [3.8, 4) is 5.69 Å². The van der Waals surface area contributed by atoms with E-state index in [0.717, 1.165) is 55.2 Å². The van der Waals surface area contributed by atoms with Gasteiger partial charge in [-0.25, -0.2) is 4.98 Å². The second-order valence-corrected chi connectivity index (χ2v) is 12.7. The van der Waals surface area contributed by atoms with E-state index >= 15 is 4.57 Å². The highest BCUT2D eigenvalue weighted by Crippen LogP contribution is 2.54. The van der Waals surface area contributed by atoms with Crippen LogP contribution in [0.15, 0.2) is 146 Å². The van der Waals surface area contributed by atoms with Crippen LogP contribution in [0.5, 0.6) is 0 Å². The summed E-state index contributed by atoms with van der Waals surface area (Å²) in [6.45, 7) is 0. The van der Waals surface area contributed by atoms with Crippen molar-refractivity contribution >= 4 is 62.1 Å². The Labute approximate surface area is 232 Å². The van der Waals surface area contributed by atoms with Gasteiger partial charge < -0.3 is 9.46 Å². The SMILES string of the molecule is O=P1(c2ccccc2)c2ccccc2N(c2cccc(-n3c4ccccc4c4cccnc43)c2)c2ccccc21. The molecule has 0 radical (unpaired) electrons. The first-order valence-electron chi connectivity index (χ1n) is 13.3. The van der Waals surface area contributed by atoms with Gasteiger partial charge in [-0.05, 0) is 60.7 Å². The first-order valence-corrected chi connectivity index (χ1v) is 15.1. The number of nitrogens with zero attached hydrogens (tertiary/aromatic N) is 3. The summed E-state index contributed by atoms with van der Waals surface area (Å²) in [5.74, 6) is 0. The van der Waals surface area contributed by atoms with E-state index in [2.05, 4.69) is 76.2 Å². The quantitative estimate of drug-likeness (QED) is 0.220. The van der Waals surface area contributed by atoms with E-state index in [4.69, 9.17) is 4.98 Å². The van der Waals surface area contributed by atoms with Crippen molar-refractivity contribution in [2.24, 2.45) is 0 Å². The lowest BCUT2D eigenvalue weighted by Gasteiger charge is -2.38. The van der Waals surface area contributed by atoms with Crippen LogP contribution in [0.3, 0.4) is 0 Å². The van der Waals surface area contributed by atoms with Crippen molar-refractivity contribution in [1.29, 1.82) is 0 Å². The average Bonchev–Trinajstić information content (AvgIpc) is 3.36. The number of aromatic nitrogens is 2. The normalized spacial score (nSPS) is 13.8. The van der Waals surface area contributed by atoms with Crippen LogP contribution in [0.2, 0.25) is 0 Å². The molecule has 0 aliphatic carbocycles. The largest absolute Gasteiger partial charge is 0.309 e. The maximum atomic E-state index is 15.2. The maximum Gasteiger partial charge on any atom is 0.175 e. The third kappa shape index (κ3) is 3.20. The lowest BCUT2D eigenvalue weighted by atomic mass is 10.1. The molecule has 4 nitrogen and oxygen atoms in total. The van der Waals surface area contributed by atoms with Crippen LogP contribution in [0, 0.1) is 0 Å². The second kappa shape index (κ2) is 8.81. The van der Waals surface area contributed by atoms with Crippen molar-refractivity contribution in [2.75, 3.05) is 4.90 Å². The van der Waals surface area contributed by atoms with Gasteiger partial charge in [0.05, 0.1) is 16.9 Å². The zero-order valence-corrected chi connectivity index (χ0v) is 22.4. The fourth-order valence-electron chi connectivity index (χ4n) is 6.12. The summed E-state index contributed by atoms with van der Waals surface area (Å²) in [6.07, 6.45) is 1.85. The van der Waals surface area contributed by atoms with Crippen LogP contribution in [0.1, 0.15) is 0 Å². The van der Waals surface area contributed by atoms with Crippen LogP contribution in [-0.4, -0.2) is 9.55 Å². The van der Waals surface area contributed by atoms with Gasteiger partial charge in [0.2, 0.25) is 0 Å². The van der Waals surface area contributed by atoms with Crippen LogP contribution in [0.25, 0.3) is 27.6 Å². The Morgan fingerprint density at radius 2 is 1.18 bits per heavy atom. The number of para-hydroxylation sites is 3. The Balaban J connectivity index is 1.38. The van der Waals surface area contributed by atoms with Crippen molar-refractivity contribution < 1.29 is 4.57 Å². The molecule has 0 spiro atoms. The third-order valence-corrected chi connectivity index (χ3v) is 11.0. The molecule has 5 aromatic carbocycles. The Kier molecular flexibility index (Phi) is 5.07. The number of benzene rings is 5. The predicted molar refractivity (Wildman–Crippen MR) is 166 cm³/mol. The second-order valence-electron chi connectivity index (χ2n) is 10.0. The van der Waals surface area contributed by atoms with Crippen LogP contribution in [0.4, 0.5) is 17.1 Å². The van der Waals surface area contributed by atoms with Gasteiger partial charge in [0.15, 0.2) is 7.14 Å². The van der Waals surface area contributed by atoms with Gasteiger partial charge >= 0.3 is 0 Å². The summed E-state index contributed by atoms with van der Waals surface area (Å²) in [4.78, 5) is 7.02. The van der Waals surface area contributed by atoms with E-state index in [1.165, 1.54) is 5.39 Å². The van der Waals surface area contributed by atoms with Gasteiger partial charge in [-0.15, -0.1) is 0 Å². The Morgan fingerprint density at radius 3 is 1.95 bits per heavy atom. The number of pyridine rings is 1. The van der Waals surface area contributed by atoms with Gasteiger partial charge in [0.25, 0.3) is 0 Å². The van der Waals surface area contributed by atoms with Crippen LogP contribution < -0.4 is 20.8 Å². The third-order valence-electron chi connectivity index (χ3n) is 7.82. The zero-order chi connectivity index (χ0) is 26.7. The molecular formula is C35H24N3OP. The monoisotopic (exact) mass is 533 g/mol. The molecule has 2 aromatic heterocycles. The molecule has 40 heavy (non-hydrogen) atoms. The molecule has 0 fully saturated rings. The molecule has 0 unspecified atom stereocenters. The van der Waals surface area contributed by atoms with Gasteiger partial charge in [-0.3, -0.25) is 4.57 Å². The van der Waals surface area contributed by atoms with E-state index in [-0.39, 0.29) is 0 Å². The molecule has 190 valence electrons. The molecule has 5 heteroatoms. The summed E-state index contributed by atoms with van der Waals surface area (Å²) in [7, 11) is -3.09. The van der Waals surface area contributed by atoms with Crippen molar-refractivity contribution in [2.45, 2.75) is 0 Å². The first kappa shape index (κ1) is 23.0. The van der Waals surface area contributed by atoms with Gasteiger partial charge in [0.1, 0.15) is 5.65 Å². The van der Waals surface area contributed by atoms with E-state index in [0.29, 0.717) is 0 Å². The van der Waals surface area contributed by atoms with Crippen molar-refractivity contribution in [1.82, 2.24) is 9.55 Å². The zero-order valence-electron chi connectivity index (χ0n) is 21.6. The minimum atomic E-state index is -3.09. The van der Waals surface area contributed by atoms with E-state index in [1.54, 1.807) is 0 Å². The number of hydrogen-bond acceptors (Lipinski definition) is 3. The Morgan fingerprint density at radius 1 is 0.550 bits per heavy atom. The summed E-state index contributed by atoms with van der Waals surface area (Å²) < 4.78 is 17.4. The molecule has 7 aromatic rings. The Hall–Kier alpha value is -4.92. The van der Waals surface area contributed by atoms with E-state index < -0.39 is 7.14 Å². The number of anilines is 3. The molecule has 0 saturated carbocycles. The molecule has 0 N–H and O–H groups in total. The van der Waals surface area contributed by atoms with E-state index in [1.807, 2.05) is 79.0 Å². The molecule has 0 bridgehead atoms. The molecule has 1 aliphatic heterocycles. The molecule has 0 saturated heterocycles. The van der Waals surface area contributed by atoms with Crippen molar-refractivity contribution in [3.63, 3.8) is 0 Å². The highest BCUT2D eigenvalue weighted by atomic mass is 31.2. The molecule has 0 amide bonds. The molecule has 1 aliphatic rings.